The third-order valence-electron chi connectivity index (χ3n) is 5.67. The number of imidazole rings is 1. The van der Waals surface area contributed by atoms with Crippen LogP contribution in [-0.2, 0) is 24.4 Å². The highest BCUT2D eigenvalue weighted by molar-refractivity contribution is 5.25. The largest absolute Gasteiger partial charge is 0.357 e. The molecule has 0 aliphatic carbocycles. The van der Waals surface area contributed by atoms with Gasteiger partial charge in [0.25, 0.3) is 0 Å². The normalized spacial score (nSPS) is 17.1. The zero-order valence-electron chi connectivity index (χ0n) is 17.3. The number of hydrogen-bond acceptors (Lipinski definition) is 4. The van der Waals surface area contributed by atoms with Crippen molar-refractivity contribution in [2.45, 2.75) is 58.5 Å². The van der Waals surface area contributed by atoms with Crippen molar-refractivity contribution in [1.82, 2.24) is 24.2 Å². The number of rotatable bonds is 9. The first-order valence-corrected chi connectivity index (χ1v) is 10.7. The predicted octanol–water partition coefficient (Wildman–Crippen LogP) is 4.18. The Morgan fingerprint density at radius 3 is 2.86 bits per heavy atom. The number of nitrogens with zero attached hydrogens (tertiary/aromatic N) is 5. The summed E-state index contributed by atoms with van der Waals surface area (Å²) in [4.78, 5) is 6.67. The van der Waals surface area contributed by atoms with Gasteiger partial charge in [-0.25, -0.2) is 9.67 Å². The van der Waals surface area contributed by atoms with E-state index in [0.717, 1.165) is 52.0 Å². The van der Waals surface area contributed by atoms with Crippen molar-refractivity contribution >= 4 is 0 Å². The molecule has 2 aromatic heterocycles. The zero-order valence-corrected chi connectivity index (χ0v) is 17.3. The number of aromatic nitrogens is 4. The van der Waals surface area contributed by atoms with Crippen LogP contribution in [0.5, 0.6) is 0 Å². The molecule has 3 aromatic rings. The first-order chi connectivity index (χ1) is 14.3. The minimum absolute atomic E-state index is 0.0833. The molecular weight excluding hydrogens is 362 g/mol. The van der Waals surface area contributed by atoms with Crippen LogP contribution in [0, 0.1) is 6.92 Å². The summed E-state index contributed by atoms with van der Waals surface area (Å²) in [7, 11) is 0. The fraction of sp³-hybridized carbons (Fsp3) is 0.478. The third-order valence-corrected chi connectivity index (χ3v) is 5.67. The minimum atomic E-state index is 0.0833. The van der Waals surface area contributed by atoms with E-state index in [2.05, 4.69) is 61.5 Å². The summed E-state index contributed by atoms with van der Waals surface area (Å²) in [5.74, 6) is 0. The van der Waals surface area contributed by atoms with E-state index in [1.807, 2.05) is 24.9 Å². The van der Waals surface area contributed by atoms with Crippen molar-refractivity contribution in [3.05, 3.63) is 72.1 Å². The van der Waals surface area contributed by atoms with E-state index in [9.17, 15) is 0 Å². The molecule has 3 heterocycles. The van der Waals surface area contributed by atoms with Gasteiger partial charge in [0.1, 0.15) is 0 Å². The lowest BCUT2D eigenvalue weighted by atomic mass is 10.1. The van der Waals surface area contributed by atoms with Gasteiger partial charge in [0, 0.05) is 51.4 Å². The van der Waals surface area contributed by atoms with Crippen LogP contribution in [0.25, 0.3) is 0 Å². The lowest BCUT2D eigenvalue weighted by Crippen LogP contribution is -2.28. The Morgan fingerprint density at radius 1 is 1.14 bits per heavy atom. The molecule has 0 saturated carbocycles. The van der Waals surface area contributed by atoms with E-state index in [4.69, 9.17) is 4.74 Å². The molecule has 6 nitrogen and oxygen atoms in total. The molecule has 0 spiro atoms. The second-order valence-electron chi connectivity index (χ2n) is 7.88. The van der Waals surface area contributed by atoms with E-state index in [-0.39, 0.29) is 6.23 Å². The Balaban J connectivity index is 1.46. The molecule has 1 aliphatic heterocycles. The number of hydrogen-bond donors (Lipinski definition) is 0. The Hall–Kier alpha value is -2.44. The summed E-state index contributed by atoms with van der Waals surface area (Å²) in [5, 5.41) is 4.59. The number of ether oxygens (including phenoxy) is 1. The Kier molecular flexibility index (Phi) is 6.75. The van der Waals surface area contributed by atoms with Gasteiger partial charge in [0.05, 0.1) is 12.0 Å². The van der Waals surface area contributed by atoms with Crippen LogP contribution in [-0.4, -0.2) is 37.4 Å². The Bertz CT molecular complexity index is 867. The van der Waals surface area contributed by atoms with E-state index in [1.54, 1.807) is 0 Å². The van der Waals surface area contributed by atoms with Crippen LogP contribution in [0.1, 0.15) is 48.7 Å². The molecular formula is C23H31N5O. The van der Waals surface area contributed by atoms with Crippen molar-refractivity contribution in [3.8, 4) is 0 Å². The highest BCUT2D eigenvalue weighted by Gasteiger charge is 2.20. The Labute approximate surface area is 173 Å². The fourth-order valence-corrected chi connectivity index (χ4v) is 4.01. The molecule has 0 radical (unpaired) electrons. The summed E-state index contributed by atoms with van der Waals surface area (Å²) in [6.07, 6.45) is 12.2. The topological polar surface area (TPSA) is 48.1 Å². The number of aryl methyl sites for hydroxylation is 2. The second-order valence-corrected chi connectivity index (χ2v) is 7.88. The smallest absolute Gasteiger partial charge is 0.150 e. The molecule has 1 unspecified atom stereocenters. The average molecular weight is 394 g/mol. The molecule has 1 aromatic carbocycles. The van der Waals surface area contributed by atoms with E-state index >= 15 is 0 Å². The maximum atomic E-state index is 5.98. The Morgan fingerprint density at radius 2 is 2.07 bits per heavy atom. The lowest BCUT2D eigenvalue weighted by molar-refractivity contribution is -0.0421. The molecule has 0 N–H and O–H groups in total. The number of benzene rings is 1. The van der Waals surface area contributed by atoms with E-state index < -0.39 is 0 Å². The van der Waals surface area contributed by atoms with Crippen molar-refractivity contribution in [2.24, 2.45) is 0 Å². The highest BCUT2D eigenvalue weighted by atomic mass is 16.5. The summed E-state index contributed by atoms with van der Waals surface area (Å²) < 4.78 is 10.2. The van der Waals surface area contributed by atoms with Gasteiger partial charge in [-0.05, 0) is 49.8 Å². The van der Waals surface area contributed by atoms with Crippen LogP contribution in [0.15, 0.2) is 55.2 Å². The van der Waals surface area contributed by atoms with Crippen molar-refractivity contribution < 1.29 is 4.74 Å². The van der Waals surface area contributed by atoms with Gasteiger partial charge in [0.15, 0.2) is 6.23 Å². The van der Waals surface area contributed by atoms with Crippen molar-refractivity contribution in [1.29, 1.82) is 0 Å². The molecule has 1 atom stereocenters. The maximum Gasteiger partial charge on any atom is 0.150 e. The van der Waals surface area contributed by atoms with Crippen LogP contribution in [0.2, 0.25) is 0 Å². The zero-order chi connectivity index (χ0) is 19.9. The first kappa shape index (κ1) is 19.9. The molecule has 0 amide bonds. The van der Waals surface area contributed by atoms with Crippen LogP contribution >= 0.6 is 0 Å². The second kappa shape index (κ2) is 9.85. The highest BCUT2D eigenvalue weighted by Crippen LogP contribution is 2.24. The average Bonchev–Trinajstić information content (AvgIpc) is 3.42. The van der Waals surface area contributed by atoms with Gasteiger partial charge in [-0.2, -0.15) is 5.10 Å². The summed E-state index contributed by atoms with van der Waals surface area (Å²) in [6, 6.07) is 10.8. The maximum absolute atomic E-state index is 5.98. The SMILES string of the molecule is Cc1ccccc1CN(CCCn1ccnc1)Cc1ccnn1C1CCCCO1. The van der Waals surface area contributed by atoms with E-state index in [0.29, 0.717) is 0 Å². The predicted molar refractivity (Wildman–Crippen MR) is 113 cm³/mol. The molecule has 1 saturated heterocycles. The minimum Gasteiger partial charge on any atom is -0.357 e. The quantitative estimate of drug-likeness (QED) is 0.547. The molecule has 1 fully saturated rings. The summed E-state index contributed by atoms with van der Waals surface area (Å²) in [6.45, 7) is 6.84. The van der Waals surface area contributed by atoms with Gasteiger partial charge in [-0.3, -0.25) is 4.90 Å². The van der Waals surface area contributed by atoms with Gasteiger partial charge in [0.2, 0.25) is 0 Å². The third kappa shape index (κ3) is 5.34. The molecule has 1 aliphatic rings. The van der Waals surface area contributed by atoms with Crippen LogP contribution in [0.4, 0.5) is 0 Å². The van der Waals surface area contributed by atoms with E-state index in [1.165, 1.54) is 23.2 Å². The van der Waals surface area contributed by atoms with Gasteiger partial charge >= 0.3 is 0 Å². The monoisotopic (exact) mass is 393 g/mol. The first-order valence-electron chi connectivity index (χ1n) is 10.7. The van der Waals surface area contributed by atoms with Crippen molar-refractivity contribution in [3.63, 3.8) is 0 Å². The standard InChI is InChI=1S/C23H31N5O/c1-20-7-2-3-8-21(20)17-27(14-6-13-26-15-12-24-19-26)18-22-10-11-25-28(22)23-9-4-5-16-29-23/h2-3,7-8,10-12,15,19,23H,4-6,9,13-14,16-18H2,1H3. The molecule has 4 rings (SSSR count). The molecule has 154 valence electrons. The van der Waals surface area contributed by atoms with Crippen LogP contribution in [0.3, 0.4) is 0 Å². The van der Waals surface area contributed by atoms with Crippen molar-refractivity contribution in [2.75, 3.05) is 13.2 Å². The van der Waals surface area contributed by atoms with Crippen LogP contribution < -0.4 is 0 Å². The lowest BCUT2D eigenvalue weighted by Gasteiger charge is -2.27. The van der Waals surface area contributed by atoms with Gasteiger partial charge < -0.3 is 9.30 Å². The fourth-order valence-electron chi connectivity index (χ4n) is 4.01. The molecule has 29 heavy (non-hydrogen) atoms. The van der Waals surface area contributed by atoms with Gasteiger partial charge in [-0.15, -0.1) is 0 Å². The van der Waals surface area contributed by atoms with Gasteiger partial charge in [-0.1, -0.05) is 24.3 Å². The summed E-state index contributed by atoms with van der Waals surface area (Å²) in [5.41, 5.74) is 3.96. The summed E-state index contributed by atoms with van der Waals surface area (Å²) >= 11 is 0. The molecule has 0 bridgehead atoms. The molecule has 6 heteroatoms.